The number of H-pyrrole nitrogens is 1. The zero-order valence-corrected chi connectivity index (χ0v) is 18.8. The van der Waals surface area contributed by atoms with Gasteiger partial charge in [-0.25, -0.2) is 0 Å². The molecule has 0 spiro atoms. The molecule has 5 aromatic rings. The third-order valence-corrected chi connectivity index (χ3v) is 6.92. The Bertz CT molecular complexity index is 1510. The van der Waals surface area contributed by atoms with E-state index in [2.05, 4.69) is 4.98 Å². The minimum atomic E-state index is -0.342. The summed E-state index contributed by atoms with van der Waals surface area (Å²) < 4.78 is 5.94. The number of para-hydroxylation sites is 1. The number of amides is 1. The van der Waals surface area contributed by atoms with Crippen LogP contribution in [0.5, 0.6) is 0 Å². The van der Waals surface area contributed by atoms with Gasteiger partial charge in [0, 0.05) is 40.7 Å². The van der Waals surface area contributed by atoms with Gasteiger partial charge in [0.2, 0.25) is 0 Å². The monoisotopic (exact) mass is 442 g/mol. The average Bonchev–Trinajstić information content (AvgIpc) is 3.46. The van der Waals surface area contributed by atoms with Gasteiger partial charge in [0.25, 0.3) is 5.91 Å². The Labute approximate surface area is 188 Å². The number of carbonyl (C=O) groups excluding carboxylic acids is 1. The minimum Gasteiger partial charge on any atom is -0.451 e. The fourth-order valence-electron chi connectivity index (χ4n) is 4.13. The van der Waals surface area contributed by atoms with Crippen molar-refractivity contribution in [3.8, 4) is 0 Å². The van der Waals surface area contributed by atoms with Gasteiger partial charge in [-0.3, -0.25) is 9.59 Å². The first-order valence-electron chi connectivity index (χ1n) is 10.4. The first-order chi connectivity index (χ1) is 15.4. The highest BCUT2D eigenvalue weighted by molar-refractivity contribution is 7.10. The summed E-state index contributed by atoms with van der Waals surface area (Å²) in [4.78, 5) is 32.3. The van der Waals surface area contributed by atoms with E-state index < -0.39 is 0 Å². The van der Waals surface area contributed by atoms with Crippen molar-refractivity contribution in [2.24, 2.45) is 0 Å². The van der Waals surface area contributed by atoms with Crippen LogP contribution in [0.4, 0.5) is 0 Å². The molecule has 6 heteroatoms. The molecule has 1 amide bonds. The number of carbonyl (C=O) groups is 1. The molecule has 32 heavy (non-hydrogen) atoms. The van der Waals surface area contributed by atoms with E-state index in [1.165, 1.54) is 6.07 Å². The lowest BCUT2D eigenvalue weighted by Crippen LogP contribution is -2.32. The topological polar surface area (TPSA) is 66.3 Å². The lowest BCUT2D eigenvalue weighted by Gasteiger charge is -2.27. The Kier molecular flexibility index (Phi) is 4.94. The maximum absolute atomic E-state index is 13.5. The fourth-order valence-corrected chi connectivity index (χ4v) is 5.01. The van der Waals surface area contributed by atoms with Gasteiger partial charge >= 0.3 is 0 Å². The maximum atomic E-state index is 13.5. The van der Waals surface area contributed by atoms with Crippen LogP contribution in [0.25, 0.3) is 21.9 Å². The van der Waals surface area contributed by atoms with E-state index in [0.29, 0.717) is 11.0 Å². The second-order valence-electron chi connectivity index (χ2n) is 8.03. The van der Waals surface area contributed by atoms with Crippen LogP contribution in [0.2, 0.25) is 0 Å². The summed E-state index contributed by atoms with van der Waals surface area (Å²) in [5.74, 6) is -0.305. The van der Waals surface area contributed by atoms with E-state index in [9.17, 15) is 9.59 Å². The van der Waals surface area contributed by atoms with Gasteiger partial charge in [0.1, 0.15) is 5.58 Å². The summed E-state index contributed by atoms with van der Waals surface area (Å²) in [6.45, 7) is 3.91. The van der Waals surface area contributed by atoms with Crippen molar-refractivity contribution < 1.29 is 9.21 Å². The van der Waals surface area contributed by atoms with Crippen LogP contribution in [-0.4, -0.2) is 22.8 Å². The lowest BCUT2D eigenvalue weighted by molar-refractivity contribution is 0.0726. The Morgan fingerprint density at radius 1 is 1.03 bits per heavy atom. The predicted octanol–water partition coefficient (Wildman–Crippen LogP) is 5.81. The molecule has 1 unspecified atom stereocenters. The second-order valence-corrected chi connectivity index (χ2v) is 9.01. The Morgan fingerprint density at radius 2 is 1.81 bits per heavy atom. The van der Waals surface area contributed by atoms with Crippen LogP contribution in [0, 0.1) is 13.8 Å². The molecule has 0 aliphatic rings. The van der Waals surface area contributed by atoms with Gasteiger partial charge in [-0.15, -0.1) is 11.3 Å². The van der Waals surface area contributed by atoms with Gasteiger partial charge in [-0.05, 0) is 54.6 Å². The molecular formula is C26H22N2O3S. The molecule has 0 aliphatic carbocycles. The average molecular weight is 443 g/mol. The first-order valence-corrected chi connectivity index (χ1v) is 11.2. The molecule has 0 saturated carbocycles. The number of fused-ring (bicyclic) bond motifs is 2. The predicted molar refractivity (Wildman–Crippen MR) is 129 cm³/mol. The lowest BCUT2D eigenvalue weighted by atomic mass is 10.0. The Hall–Kier alpha value is -3.64. The molecule has 0 radical (unpaired) electrons. The first kappa shape index (κ1) is 20.3. The molecule has 5 nitrogen and oxygen atoms in total. The van der Waals surface area contributed by atoms with E-state index in [1.54, 1.807) is 23.3 Å². The van der Waals surface area contributed by atoms with Crippen LogP contribution < -0.4 is 5.43 Å². The number of benzene rings is 2. The molecule has 160 valence electrons. The summed E-state index contributed by atoms with van der Waals surface area (Å²) in [5.41, 5.74) is 4.23. The molecule has 0 saturated heterocycles. The van der Waals surface area contributed by atoms with Crippen molar-refractivity contribution >= 4 is 39.1 Å². The Morgan fingerprint density at radius 3 is 2.59 bits per heavy atom. The number of rotatable bonds is 4. The zero-order chi connectivity index (χ0) is 22.4. The third-order valence-electron chi connectivity index (χ3n) is 5.99. The summed E-state index contributed by atoms with van der Waals surface area (Å²) in [5, 5.41) is 3.53. The number of hydrogen-bond donors (Lipinski definition) is 1. The van der Waals surface area contributed by atoms with Crippen LogP contribution >= 0.6 is 11.3 Å². The van der Waals surface area contributed by atoms with E-state index in [0.717, 1.165) is 32.5 Å². The number of thiophene rings is 1. The quantitative estimate of drug-likeness (QED) is 0.382. The number of aryl methyl sites for hydroxylation is 2. The van der Waals surface area contributed by atoms with E-state index in [4.69, 9.17) is 4.42 Å². The van der Waals surface area contributed by atoms with Gasteiger partial charge in [0.05, 0.1) is 11.4 Å². The number of hydrogen-bond acceptors (Lipinski definition) is 4. The van der Waals surface area contributed by atoms with E-state index in [1.807, 2.05) is 74.0 Å². The highest BCUT2D eigenvalue weighted by atomic mass is 32.1. The second kappa shape index (κ2) is 7.80. The van der Waals surface area contributed by atoms with Gasteiger partial charge in [-0.1, -0.05) is 24.3 Å². The SMILES string of the molecule is Cc1cc2oc(C(=O)N(C)C(c3cccs3)c3c[nH]c4ccccc34)cc(=O)c2cc1C. The van der Waals surface area contributed by atoms with E-state index in [-0.39, 0.29) is 23.1 Å². The molecule has 5 rings (SSSR count). The normalized spacial score (nSPS) is 12.3. The number of nitrogens with zero attached hydrogens (tertiary/aromatic N) is 1. The smallest absolute Gasteiger partial charge is 0.290 e. The fraction of sp³-hybridized carbons (Fsp3) is 0.154. The molecule has 1 N–H and O–H groups in total. The Balaban J connectivity index is 1.62. The zero-order valence-electron chi connectivity index (χ0n) is 18.0. The highest BCUT2D eigenvalue weighted by Gasteiger charge is 2.29. The highest BCUT2D eigenvalue weighted by Crippen LogP contribution is 2.36. The van der Waals surface area contributed by atoms with Crippen molar-refractivity contribution in [3.63, 3.8) is 0 Å². The van der Waals surface area contributed by atoms with Crippen molar-refractivity contribution in [2.75, 3.05) is 7.05 Å². The standard InChI is InChI=1S/C26H22N2O3S/c1-15-11-18-21(29)13-23(31-22(18)12-16(15)2)26(30)28(3)25(24-9-6-10-32-24)19-14-27-20-8-5-4-7-17(19)20/h4-14,25,27H,1-3H3. The largest absolute Gasteiger partial charge is 0.451 e. The number of aromatic nitrogens is 1. The summed E-state index contributed by atoms with van der Waals surface area (Å²) in [6.07, 6.45) is 1.95. The van der Waals surface area contributed by atoms with Crippen molar-refractivity contribution in [1.29, 1.82) is 0 Å². The number of aromatic amines is 1. The van der Waals surface area contributed by atoms with Gasteiger partial charge in [-0.2, -0.15) is 0 Å². The van der Waals surface area contributed by atoms with Gasteiger partial charge in [0.15, 0.2) is 11.2 Å². The van der Waals surface area contributed by atoms with Crippen LogP contribution in [0.3, 0.4) is 0 Å². The minimum absolute atomic E-state index is 0.0367. The summed E-state index contributed by atoms with van der Waals surface area (Å²) >= 11 is 1.59. The van der Waals surface area contributed by atoms with Gasteiger partial charge < -0.3 is 14.3 Å². The van der Waals surface area contributed by atoms with E-state index >= 15 is 0 Å². The van der Waals surface area contributed by atoms with Crippen LogP contribution in [0.1, 0.15) is 38.2 Å². The molecule has 3 heterocycles. The molecular weight excluding hydrogens is 420 g/mol. The molecule has 0 aliphatic heterocycles. The molecule has 0 bridgehead atoms. The number of nitrogens with one attached hydrogen (secondary N) is 1. The molecule has 1 atom stereocenters. The summed E-state index contributed by atoms with van der Waals surface area (Å²) in [7, 11) is 1.75. The maximum Gasteiger partial charge on any atom is 0.290 e. The summed E-state index contributed by atoms with van der Waals surface area (Å²) in [6, 6.07) is 16.6. The van der Waals surface area contributed by atoms with Crippen molar-refractivity contribution in [2.45, 2.75) is 19.9 Å². The molecule has 3 aromatic heterocycles. The molecule has 2 aromatic carbocycles. The van der Waals surface area contributed by atoms with Crippen LogP contribution in [-0.2, 0) is 0 Å². The third kappa shape index (κ3) is 3.33. The van der Waals surface area contributed by atoms with Crippen LogP contribution in [0.15, 0.2) is 75.4 Å². The molecule has 0 fully saturated rings. The van der Waals surface area contributed by atoms with Crippen molar-refractivity contribution in [1.82, 2.24) is 9.88 Å². The van der Waals surface area contributed by atoms with Crippen molar-refractivity contribution in [3.05, 3.63) is 104 Å².